The van der Waals surface area contributed by atoms with Crippen molar-refractivity contribution in [3.63, 3.8) is 0 Å². The number of benzene rings is 2. The van der Waals surface area contributed by atoms with Gasteiger partial charge in [-0.3, -0.25) is 0 Å². The molecule has 0 aliphatic rings. The Bertz CT molecular complexity index is 551. The van der Waals surface area contributed by atoms with Crippen LogP contribution in [0.4, 0.5) is 5.69 Å². The Morgan fingerprint density at radius 1 is 1.10 bits per heavy atom. The molecule has 1 N–H and O–H groups in total. The number of hydrogen-bond acceptors (Lipinski definition) is 2. The summed E-state index contributed by atoms with van der Waals surface area (Å²) in [7, 11) is 0. The smallest absolute Gasteiger partial charge is 0.119 e. The van der Waals surface area contributed by atoms with Crippen LogP contribution >= 0.6 is 22.6 Å². The molecule has 2 nitrogen and oxygen atoms in total. The summed E-state index contributed by atoms with van der Waals surface area (Å²) >= 11 is 2.32. The summed E-state index contributed by atoms with van der Waals surface area (Å²) < 4.78 is 6.97. The van der Waals surface area contributed by atoms with Gasteiger partial charge >= 0.3 is 0 Å². The lowest BCUT2D eigenvalue weighted by Gasteiger charge is -2.10. The Morgan fingerprint density at radius 3 is 2.52 bits per heavy atom. The second kappa shape index (κ2) is 8.27. The van der Waals surface area contributed by atoms with Gasteiger partial charge in [-0.05, 0) is 70.8 Å². The van der Waals surface area contributed by atoms with Crippen molar-refractivity contribution in [2.75, 3.05) is 11.9 Å². The van der Waals surface area contributed by atoms with Gasteiger partial charge in [0.1, 0.15) is 5.75 Å². The standard InChI is InChI=1S/C18H22INO/c1-14(2)10-11-21-18-8-6-15(7-9-18)13-20-17-5-3-4-16(19)12-17/h3-9,12,14,20H,10-11,13H2,1-2H3. The molecule has 0 radical (unpaired) electrons. The van der Waals surface area contributed by atoms with E-state index in [0.29, 0.717) is 5.92 Å². The van der Waals surface area contributed by atoms with Crippen LogP contribution in [0, 0.1) is 9.49 Å². The first-order chi connectivity index (χ1) is 10.1. The summed E-state index contributed by atoms with van der Waals surface area (Å²) in [6, 6.07) is 16.7. The van der Waals surface area contributed by atoms with Crippen LogP contribution in [0.2, 0.25) is 0 Å². The SMILES string of the molecule is CC(C)CCOc1ccc(CNc2cccc(I)c2)cc1. The average Bonchev–Trinajstić information content (AvgIpc) is 2.46. The zero-order valence-electron chi connectivity index (χ0n) is 12.6. The molecule has 21 heavy (non-hydrogen) atoms. The lowest BCUT2D eigenvalue weighted by atomic mass is 10.1. The first-order valence-electron chi connectivity index (χ1n) is 7.34. The third-order valence-corrected chi connectivity index (χ3v) is 3.88. The van der Waals surface area contributed by atoms with E-state index in [1.165, 1.54) is 9.13 Å². The van der Waals surface area contributed by atoms with Crippen LogP contribution in [-0.2, 0) is 6.54 Å². The van der Waals surface area contributed by atoms with E-state index >= 15 is 0 Å². The van der Waals surface area contributed by atoms with Crippen molar-refractivity contribution in [3.8, 4) is 5.75 Å². The number of halogens is 1. The zero-order chi connectivity index (χ0) is 15.1. The number of nitrogens with one attached hydrogen (secondary N) is 1. The number of anilines is 1. The maximum Gasteiger partial charge on any atom is 0.119 e. The van der Waals surface area contributed by atoms with Gasteiger partial charge in [0.05, 0.1) is 6.61 Å². The van der Waals surface area contributed by atoms with Gasteiger partial charge in [0.25, 0.3) is 0 Å². The second-order valence-electron chi connectivity index (χ2n) is 5.54. The summed E-state index contributed by atoms with van der Waals surface area (Å²) in [6.07, 6.45) is 1.09. The van der Waals surface area contributed by atoms with Gasteiger partial charge in [-0.2, -0.15) is 0 Å². The molecule has 0 aromatic heterocycles. The molecule has 0 atom stereocenters. The summed E-state index contributed by atoms with van der Waals surface area (Å²) in [5.74, 6) is 1.64. The van der Waals surface area contributed by atoms with E-state index in [4.69, 9.17) is 4.74 Å². The first kappa shape index (κ1) is 16.1. The average molecular weight is 395 g/mol. The molecule has 0 aliphatic carbocycles. The van der Waals surface area contributed by atoms with E-state index < -0.39 is 0 Å². The molecule has 2 aromatic rings. The molecule has 0 saturated carbocycles. The number of rotatable bonds is 7. The Balaban J connectivity index is 1.82. The number of hydrogen-bond donors (Lipinski definition) is 1. The zero-order valence-corrected chi connectivity index (χ0v) is 14.8. The molecule has 0 bridgehead atoms. The molecule has 0 aliphatic heterocycles. The predicted octanol–water partition coefficient (Wildman–Crippen LogP) is 5.33. The molecule has 0 fully saturated rings. The maximum atomic E-state index is 5.73. The van der Waals surface area contributed by atoms with Gasteiger partial charge in [0.2, 0.25) is 0 Å². The largest absolute Gasteiger partial charge is 0.494 e. The van der Waals surface area contributed by atoms with E-state index in [1.54, 1.807) is 0 Å². The lowest BCUT2D eigenvalue weighted by molar-refractivity contribution is 0.289. The van der Waals surface area contributed by atoms with Crippen LogP contribution in [-0.4, -0.2) is 6.61 Å². The third kappa shape index (κ3) is 5.96. The third-order valence-electron chi connectivity index (χ3n) is 3.21. The highest BCUT2D eigenvalue weighted by atomic mass is 127. The summed E-state index contributed by atoms with van der Waals surface area (Å²) in [6.45, 7) is 6.04. The van der Waals surface area contributed by atoms with Crippen molar-refractivity contribution >= 4 is 28.3 Å². The number of ether oxygens (including phenoxy) is 1. The van der Waals surface area contributed by atoms with Gasteiger partial charge in [0, 0.05) is 15.8 Å². The van der Waals surface area contributed by atoms with Gasteiger partial charge < -0.3 is 10.1 Å². The van der Waals surface area contributed by atoms with Crippen LogP contribution in [0.5, 0.6) is 5.75 Å². The van der Waals surface area contributed by atoms with Gasteiger partial charge in [-0.15, -0.1) is 0 Å². The van der Waals surface area contributed by atoms with Crippen molar-refractivity contribution in [2.24, 2.45) is 5.92 Å². The molecule has 0 saturated heterocycles. The van der Waals surface area contributed by atoms with Crippen LogP contribution < -0.4 is 10.1 Å². The van der Waals surface area contributed by atoms with Crippen molar-refractivity contribution < 1.29 is 4.74 Å². The first-order valence-corrected chi connectivity index (χ1v) is 8.42. The topological polar surface area (TPSA) is 21.3 Å². The van der Waals surface area contributed by atoms with E-state index in [9.17, 15) is 0 Å². The fourth-order valence-corrected chi connectivity index (χ4v) is 2.46. The van der Waals surface area contributed by atoms with Crippen LogP contribution in [0.15, 0.2) is 48.5 Å². The molecular formula is C18H22INO. The fourth-order valence-electron chi connectivity index (χ4n) is 1.92. The van der Waals surface area contributed by atoms with E-state index in [1.807, 2.05) is 12.1 Å². The Labute approximate surface area is 141 Å². The summed E-state index contributed by atoms with van der Waals surface area (Å²) in [5, 5.41) is 3.43. The van der Waals surface area contributed by atoms with Crippen molar-refractivity contribution in [1.29, 1.82) is 0 Å². The minimum atomic E-state index is 0.683. The molecule has 2 aromatic carbocycles. The molecule has 3 heteroatoms. The highest BCUT2D eigenvalue weighted by Crippen LogP contribution is 2.16. The second-order valence-corrected chi connectivity index (χ2v) is 6.78. The Hall–Kier alpha value is -1.23. The fraction of sp³-hybridized carbons (Fsp3) is 0.333. The van der Waals surface area contributed by atoms with E-state index in [-0.39, 0.29) is 0 Å². The van der Waals surface area contributed by atoms with Crippen molar-refractivity contribution in [1.82, 2.24) is 0 Å². The normalized spacial score (nSPS) is 10.7. The minimum Gasteiger partial charge on any atom is -0.494 e. The molecule has 112 valence electrons. The van der Waals surface area contributed by atoms with E-state index in [2.05, 4.69) is 78.2 Å². The van der Waals surface area contributed by atoms with Crippen LogP contribution in [0.1, 0.15) is 25.8 Å². The quantitative estimate of drug-likeness (QED) is 0.640. The minimum absolute atomic E-state index is 0.683. The maximum absolute atomic E-state index is 5.73. The summed E-state index contributed by atoms with van der Waals surface area (Å²) in [5.41, 5.74) is 2.41. The Morgan fingerprint density at radius 2 is 1.86 bits per heavy atom. The van der Waals surface area contributed by atoms with Gasteiger partial charge in [-0.1, -0.05) is 32.0 Å². The Kier molecular flexibility index (Phi) is 6.36. The predicted molar refractivity (Wildman–Crippen MR) is 97.9 cm³/mol. The molecular weight excluding hydrogens is 373 g/mol. The van der Waals surface area contributed by atoms with E-state index in [0.717, 1.165) is 31.0 Å². The monoisotopic (exact) mass is 395 g/mol. The molecule has 0 amide bonds. The van der Waals surface area contributed by atoms with Crippen molar-refractivity contribution in [2.45, 2.75) is 26.8 Å². The van der Waals surface area contributed by atoms with Crippen molar-refractivity contribution in [3.05, 3.63) is 57.7 Å². The molecule has 0 unspecified atom stereocenters. The molecule has 2 rings (SSSR count). The molecule has 0 spiro atoms. The van der Waals surface area contributed by atoms with Gasteiger partial charge in [-0.25, -0.2) is 0 Å². The van der Waals surface area contributed by atoms with Crippen LogP contribution in [0.3, 0.4) is 0 Å². The highest BCUT2D eigenvalue weighted by molar-refractivity contribution is 14.1. The van der Waals surface area contributed by atoms with Crippen LogP contribution in [0.25, 0.3) is 0 Å². The summed E-state index contributed by atoms with van der Waals surface area (Å²) in [4.78, 5) is 0. The molecule has 0 heterocycles. The highest BCUT2D eigenvalue weighted by Gasteiger charge is 1.98. The van der Waals surface area contributed by atoms with Gasteiger partial charge in [0.15, 0.2) is 0 Å². The lowest BCUT2D eigenvalue weighted by Crippen LogP contribution is -2.02.